The van der Waals surface area contributed by atoms with E-state index in [-0.39, 0.29) is 39.9 Å². The molecule has 2 aromatic carbocycles. The van der Waals surface area contributed by atoms with Gasteiger partial charge in [0.1, 0.15) is 12.4 Å². The van der Waals surface area contributed by atoms with Gasteiger partial charge in [-0.15, -0.1) is 0 Å². The van der Waals surface area contributed by atoms with Gasteiger partial charge in [-0.25, -0.2) is 17.6 Å². The van der Waals surface area contributed by atoms with Crippen molar-refractivity contribution in [2.75, 3.05) is 12.4 Å². The lowest BCUT2D eigenvalue weighted by molar-refractivity contribution is 0.141. The second-order valence-electron chi connectivity index (χ2n) is 6.05. The second-order valence-corrected chi connectivity index (χ2v) is 6.42. The lowest BCUT2D eigenvalue weighted by Crippen LogP contribution is -2.14. The van der Waals surface area contributed by atoms with Crippen molar-refractivity contribution >= 4 is 23.1 Å². The zero-order valence-electron chi connectivity index (χ0n) is 15.7. The van der Waals surface area contributed by atoms with E-state index >= 15 is 0 Å². The number of hydrogen-bond acceptors (Lipinski definition) is 3. The number of thiocarbonyl (C=S) groups is 1. The zero-order valence-corrected chi connectivity index (χ0v) is 16.5. The molecule has 2 aromatic rings. The maximum absolute atomic E-state index is 13.5. The van der Waals surface area contributed by atoms with Gasteiger partial charge in [-0.1, -0.05) is 19.1 Å². The van der Waals surface area contributed by atoms with Gasteiger partial charge in [0.15, 0.2) is 0 Å². The minimum Gasteiger partial charge on any atom is -0.488 e. The molecular formula is C20H21F4NO2S. The van der Waals surface area contributed by atoms with Crippen molar-refractivity contribution in [1.29, 1.82) is 0 Å². The molecular weight excluding hydrogens is 394 g/mol. The number of anilines is 1. The molecule has 0 heterocycles. The third-order valence-corrected chi connectivity index (χ3v) is 4.59. The van der Waals surface area contributed by atoms with Gasteiger partial charge in [0.05, 0.1) is 12.7 Å². The minimum absolute atomic E-state index is 0.0101. The summed E-state index contributed by atoms with van der Waals surface area (Å²) < 4.78 is 64.3. The smallest absolute Gasteiger partial charge is 0.267 e. The van der Waals surface area contributed by atoms with Crippen LogP contribution in [0.1, 0.15) is 47.6 Å². The number of hydrogen-bond donors (Lipinski definition) is 1. The van der Waals surface area contributed by atoms with Crippen LogP contribution in [0, 0.1) is 6.92 Å². The van der Waals surface area contributed by atoms with Crippen molar-refractivity contribution < 1.29 is 27.0 Å². The van der Waals surface area contributed by atoms with Crippen molar-refractivity contribution in [3.05, 3.63) is 58.1 Å². The molecule has 0 saturated heterocycles. The Labute approximate surface area is 166 Å². The fourth-order valence-electron chi connectivity index (χ4n) is 2.82. The molecule has 0 radical (unpaired) electrons. The molecule has 0 bridgehead atoms. The quantitative estimate of drug-likeness (QED) is 0.421. The van der Waals surface area contributed by atoms with Gasteiger partial charge in [0, 0.05) is 16.8 Å². The third kappa shape index (κ3) is 5.13. The number of alkyl halides is 4. The van der Waals surface area contributed by atoms with E-state index in [2.05, 4.69) is 5.32 Å². The molecule has 2 rings (SSSR count). The first-order chi connectivity index (χ1) is 13.3. The normalized spacial score (nSPS) is 11.0. The predicted molar refractivity (Wildman–Crippen MR) is 104 cm³/mol. The average Bonchev–Trinajstić information content (AvgIpc) is 2.66. The van der Waals surface area contributed by atoms with E-state index < -0.39 is 12.9 Å². The second kappa shape index (κ2) is 9.73. The van der Waals surface area contributed by atoms with Gasteiger partial charge in [-0.3, -0.25) is 0 Å². The fraction of sp³-hybridized carbons (Fsp3) is 0.350. The molecule has 0 spiro atoms. The van der Waals surface area contributed by atoms with Crippen molar-refractivity contribution in [1.82, 2.24) is 0 Å². The Morgan fingerprint density at radius 1 is 1.11 bits per heavy atom. The van der Waals surface area contributed by atoms with Crippen LogP contribution >= 0.6 is 12.2 Å². The molecule has 0 aromatic heterocycles. The number of aryl methyl sites for hydroxylation is 2. The lowest BCUT2D eigenvalue weighted by Gasteiger charge is -2.19. The molecule has 8 heteroatoms. The Kier molecular flexibility index (Phi) is 7.62. The Hall–Kier alpha value is -2.35. The zero-order chi connectivity index (χ0) is 20.8. The van der Waals surface area contributed by atoms with Gasteiger partial charge in [-0.2, -0.15) is 0 Å². The number of nitrogens with one attached hydrogen (secondary N) is 1. The Morgan fingerprint density at radius 2 is 1.79 bits per heavy atom. The highest BCUT2D eigenvalue weighted by Gasteiger charge is 2.20. The van der Waals surface area contributed by atoms with Gasteiger partial charge < -0.3 is 14.8 Å². The van der Waals surface area contributed by atoms with Crippen LogP contribution in [-0.2, 0) is 17.8 Å². The Bertz CT molecular complexity index is 843. The molecule has 0 saturated carbocycles. The van der Waals surface area contributed by atoms with Crippen LogP contribution in [-0.4, -0.2) is 12.3 Å². The highest BCUT2D eigenvalue weighted by atomic mass is 32.1. The van der Waals surface area contributed by atoms with Crippen LogP contribution in [0.2, 0.25) is 0 Å². The highest BCUT2D eigenvalue weighted by molar-refractivity contribution is 7.80. The van der Waals surface area contributed by atoms with E-state index in [0.29, 0.717) is 6.42 Å². The third-order valence-electron chi connectivity index (χ3n) is 4.33. The summed E-state index contributed by atoms with van der Waals surface area (Å²) in [6.45, 7) is 3.32. The van der Waals surface area contributed by atoms with Crippen molar-refractivity contribution in [2.45, 2.75) is 39.7 Å². The first-order valence-corrected chi connectivity index (χ1v) is 8.98. The summed E-state index contributed by atoms with van der Waals surface area (Å²) in [4.78, 5) is 0. The summed E-state index contributed by atoms with van der Waals surface area (Å²) in [7, 11) is 1.34. The summed E-state index contributed by atoms with van der Waals surface area (Å²) in [6.07, 6.45) is -4.91. The van der Waals surface area contributed by atoms with Gasteiger partial charge in [-0.05, 0) is 54.9 Å². The first-order valence-electron chi connectivity index (χ1n) is 8.57. The SMILES string of the molecule is CCc1cc(C(F)F)c(OCc2c(NC(=S)OC)cccc2C(F)F)cc1C. The Morgan fingerprint density at radius 3 is 2.36 bits per heavy atom. The van der Waals surface area contributed by atoms with Gasteiger partial charge in [0.25, 0.3) is 18.0 Å². The van der Waals surface area contributed by atoms with Crippen molar-refractivity contribution in [3.8, 4) is 5.75 Å². The van der Waals surface area contributed by atoms with Crippen LogP contribution in [0.3, 0.4) is 0 Å². The van der Waals surface area contributed by atoms with E-state index in [4.69, 9.17) is 21.7 Å². The maximum Gasteiger partial charge on any atom is 0.267 e. The number of halogens is 4. The maximum atomic E-state index is 13.5. The van der Waals surface area contributed by atoms with Crippen molar-refractivity contribution in [3.63, 3.8) is 0 Å². The molecule has 0 aliphatic rings. The van der Waals surface area contributed by atoms with Crippen LogP contribution in [0.25, 0.3) is 0 Å². The topological polar surface area (TPSA) is 30.5 Å². The Balaban J connectivity index is 2.41. The predicted octanol–water partition coefficient (Wildman–Crippen LogP) is 6.35. The summed E-state index contributed by atoms with van der Waals surface area (Å²) in [6, 6.07) is 7.14. The standard InChI is InChI=1S/C20H21F4NO2S/c1-4-12-9-14(19(23)24)17(8-11(12)2)27-10-15-13(18(21)22)6-5-7-16(15)25-20(28)26-3/h5-9,18-19H,4,10H2,1-3H3,(H,25,28). The summed E-state index contributed by atoms with van der Waals surface area (Å²) in [5.41, 5.74) is 1.43. The van der Waals surface area contributed by atoms with E-state index in [1.54, 1.807) is 6.92 Å². The molecule has 0 aliphatic carbocycles. The summed E-state index contributed by atoms with van der Waals surface area (Å²) in [5, 5.41) is 2.70. The van der Waals surface area contributed by atoms with Gasteiger partial charge in [0.2, 0.25) is 0 Å². The molecule has 28 heavy (non-hydrogen) atoms. The molecule has 0 amide bonds. The fourth-order valence-corrected chi connectivity index (χ4v) is 2.93. The highest BCUT2D eigenvalue weighted by Crippen LogP contribution is 2.35. The van der Waals surface area contributed by atoms with E-state index in [9.17, 15) is 17.6 Å². The van der Waals surface area contributed by atoms with E-state index in [1.807, 2.05) is 6.92 Å². The summed E-state index contributed by atoms with van der Waals surface area (Å²) in [5.74, 6) is -0.0333. The molecule has 0 atom stereocenters. The van der Waals surface area contributed by atoms with Crippen LogP contribution in [0.5, 0.6) is 5.75 Å². The number of methoxy groups -OCH3 is 1. The molecule has 0 unspecified atom stereocenters. The van der Waals surface area contributed by atoms with E-state index in [0.717, 1.165) is 11.1 Å². The van der Waals surface area contributed by atoms with E-state index in [1.165, 1.54) is 37.4 Å². The average molecular weight is 415 g/mol. The monoisotopic (exact) mass is 415 g/mol. The minimum atomic E-state index is -2.77. The first kappa shape index (κ1) is 21.9. The van der Waals surface area contributed by atoms with Crippen LogP contribution < -0.4 is 10.1 Å². The van der Waals surface area contributed by atoms with Crippen LogP contribution in [0.4, 0.5) is 23.2 Å². The lowest BCUT2D eigenvalue weighted by atomic mass is 10.0. The number of ether oxygens (including phenoxy) is 2. The molecule has 0 aliphatic heterocycles. The van der Waals surface area contributed by atoms with Crippen LogP contribution in [0.15, 0.2) is 30.3 Å². The van der Waals surface area contributed by atoms with Gasteiger partial charge >= 0.3 is 0 Å². The largest absolute Gasteiger partial charge is 0.488 e. The molecule has 1 N–H and O–H groups in total. The molecule has 152 valence electrons. The number of rotatable bonds is 7. The number of benzene rings is 2. The molecule has 0 fully saturated rings. The van der Waals surface area contributed by atoms with Crippen molar-refractivity contribution in [2.24, 2.45) is 0 Å². The summed E-state index contributed by atoms with van der Waals surface area (Å²) >= 11 is 4.92. The molecule has 3 nitrogen and oxygen atoms in total.